The van der Waals surface area contributed by atoms with Crippen molar-refractivity contribution in [1.82, 2.24) is 9.78 Å². The number of thioether (sulfide) groups is 1. The largest absolute Gasteiger partial charge is 0.481 e. The van der Waals surface area contributed by atoms with Crippen molar-refractivity contribution in [1.29, 1.82) is 0 Å². The number of carboxylic acids is 1. The monoisotopic (exact) mass is 212 g/mol. The average Bonchev–Trinajstić information content (AvgIpc) is 2.46. The number of nitrogens with zero attached hydrogens (tertiary/aromatic N) is 2. The summed E-state index contributed by atoms with van der Waals surface area (Å²) in [5, 5.41) is 12.8. The number of hydrogen-bond donors (Lipinski definition) is 1. The van der Waals surface area contributed by atoms with Crippen LogP contribution >= 0.6 is 11.8 Å². The van der Waals surface area contributed by atoms with Gasteiger partial charge in [0.2, 0.25) is 0 Å². The van der Waals surface area contributed by atoms with Crippen molar-refractivity contribution in [2.24, 2.45) is 0 Å². The van der Waals surface area contributed by atoms with Crippen molar-refractivity contribution in [2.75, 3.05) is 11.5 Å². The minimum absolute atomic E-state index is 0.186. The number of carbonyl (C=O) groups is 1. The lowest BCUT2D eigenvalue weighted by Crippen LogP contribution is -2.25. The minimum Gasteiger partial charge on any atom is -0.481 e. The molecule has 1 aliphatic heterocycles. The molecule has 76 valence electrons. The quantitative estimate of drug-likeness (QED) is 0.814. The van der Waals surface area contributed by atoms with E-state index in [1.54, 1.807) is 6.20 Å². The minimum atomic E-state index is -0.749. The van der Waals surface area contributed by atoms with Crippen molar-refractivity contribution in [3.05, 3.63) is 18.0 Å². The Morgan fingerprint density at radius 2 is 2.50 bits per heavy atom. The van der Waals surface area contributed by atoms with Crippen molar-refractivity contribution < 1.29 is 9.90 Å². The van der Waals surface area contributed by atoms with Gasteiger partial charge in [-0.3, -0.25) is 9.48 Å². The third-order valence-electron chi connectivity index (χ3n) is 2.31. The maximum atomic E-state index is 10.4. The van der Waals surface area contributed by atoms with Gasteiger partial charge in [-0.15, -0.1) is 0 Å². The van der Waals surface area contributed by atoms with Crippen LogP contribution in [-0.4, -0.2) is 32.4 Å². The molecule has 0 amide bonds. The Labute approximate surface area is 86.3 Å². The molecule has 1 saturated heterocycles. The predicted molar refractivity (Wildman–Crippen MR) is 54.5 cm³/mol. The molecular weight excluding hydrogens is 200 g/mol. The Morgan fingerprint density at radius 3 is 3.07 bits per heavy atom. The number of rotatable bonds is 4. The zero-order valence-electron chi connectivity index (χ0n) is 7.72. The highest BCUT2D eigenvalue weighted by molar-refractivity contribution is 8.00. The Hall–Kier alpha value is -0.970. The van der Waals surface area contributed by atoms with Gasteiger partial charge in [0.1, 0.15) is 0 Å². The van der Waals surface area contributed by atoms with Gasteiger partial charge in [-0.25, -0.2) is 0 Å². The molecule has 0 aromatic carbocycles. The molecule has 1 aliphatic rings. The summed E-state index contributed by atoms with van der Waals surface area (Å²) in [4.78, 5) is 10.4. The number of aromatic nitrogens is 2. The van der Waals surface area contributed by atoms with Gasteiger partial charge in [0.05, 0.1) is 12.5 Å². The molecule has 1 aromatic rings. The van der Waals surface area contributed by atoms with E-state index in [-0.39, 0.29) is 6.42 Å². The Bertz CT molecular complexity index is 333. The first-order valence-electron chi connectivity index (χ1n) is 4.59. The van der Waals surface area contributed by atoms with Crippen LogP contribution in [0, 0.1) is 0 Å². The molecule has 1 fully saturated rings. The van der Waals surface area contributed by atoms with Crippen molar-refractivity contribution >= 4 is 17.7 Å². The second-order valence-electron chi connectivity index (χ2n) is 3.35. The number of aryl methyl sites for hydroxylation is 1. The van der Waals surface area contributed by atoms with Crippen LogP contribution in [-0.2, 0) is 11.2 Å². The first-order valence-corrected chi connectivity index (χ1v) is 5.75. The summed E-state index contributed by atoms with van der Waals surface area (Å²) in [7, 11) is 0. The summed E-state index contributed by atoms with van der Waals surface area (Å²) >= 11 is 1.90. The molecule has 1 aromatic heterocycles. The van der Waals surface area contributed by atoms with Crippen LogP contribution < -0.4 is 0 Å². The SMILES string of the molecule is O=C(O)CCc1ccnn1C1CSC1. The Kier molecular flexibility index (Phi) is 2.77. The molecule has 0 radical (unpaired) electrons. The fourth-order valence-corrected chi connectivity index (χ4v) is 2.20. The summed E-state index contributed by atoms with van der Waals surface area (Å²) in [6.07, 6.45) is 2.52. The third-order valence-corrected chi connectivity index (χ3v) is 3.55. The molecule has 2 heterocycles. The summed E-state index contributed by atoms with van der Waals surface area (Å²) in [6.45, 7) is 0. The van der Waals surface area contributed by atoms with E-state index in [1.807, 2.05) is 22.5 Å². The van der Waals surface area contributed by atoms with E-state index >= 15 is 0 Å². The molecule has 0 aliphatic carbocycles. The summed E-state index contributed by atoms with van der Waals surface area (Å²) < 4.78 is 1.97. The predicted octanol–water partition coefficient (Wildman–Crippen LogP) is 1.19. The fourth-order valence-electron chi connectivity index (χ4n) is 1.47. The van der Waals surface area contributed by atoms with E-state index in [0.717, 1.165) is 17.2 Å². The molecule has 5 heteroatoms. The summed E-state index contributed by atoms with van der Waals surface area (Å²) in [5.41, 5.74) is 1.04. The first kappa shape index (κ1) is 9.58. The molecule has 14 heavy (non-hydrogen) atoms. The van der Waals surface area contributed by atoms with Crippen LogP contribution in [0.3, 0.4) is 0 Å². The number of aliphatic carboxylic acids is 1. The van der Waals surface area contributed by atoms with Crippen molar-refractivity contribution in [3.63, 3.8) is 0 Å². The molecule has 0 spiro atoms. The van der Waals surface area contributed by atoms with Gasteiger partial charge >= 0.3 is 5.97 Å². The maximum absolute atomic E-state index is 10.4. The van der Waals surface area contributed by atoms with Crippen LogP contribution in [0.1, 0.15) is 18.2 Å². The van der Waals surface area contributed by atoms with E-state index in [4.69, 9.17) is 5.11 Å². The topological polar surface area (TPSA) is 55.1 Å². The highest BCUT2D eigenvalue weighted by Crippen LogP contribution is 2.29. The zero-order chi connectivity index (χ0) is 9.97. The molecule has 0 atom stereocenters. The van der Waals surface area contributed by atoms with Gasteiger partial charge in [-0.2, -0.15) is 16.9 Å². The fraction of sp³-hybridized carbons (Fsp3) is 0.556. The highest BCUT2D eigenvalue weighted by atomic mass is 32.2. The zero-order valence-corrected chi connectivity index (χ0v) is 8.54. The highest BCUT2D eigenvalue weighted by Gasteiger charge is 2.22. The smallest absolute Gasteiger partial charge is 0.303 e. The molecule has 1 N–H and O–H groups in total. The standard InChI is InChI=1S/C9H12N2O2S/c12-9(13)2-1-7-3-4-10-11(7)8-5-14-6-8/h3-4,8H,1-2,5-6H2,(H,12,13). The van der Waals surface area contributed by atoms with Gasteiger partial charge in [-0.05, 0) is 12.5 Å². The molecule has 0 unspecified atom stereocenters. The van der Waals surface area contributed by atoms with E-state index in [1.165, 1.54) is 0 Å². The third kappa shape index (κ3) is 1.92. The summed E-state index contributed by atoms with van der Waals surface area (Å²) in [6, 6.07) is 2.39. The van der Waals surface area contributed by atoms with Crippen molar-refractivity contribution in [2.45, 2.75) is 18.9 Å². The normalized spacial score (nSPS) is 16.6. The average molecular weight is 212 g/mol. The summed E-state index contributed by atoms with van der Waals surface area (Å²) in [5.74, 6) is 1.45. The van der Waals surface area contributed by atoms with Gasteiger partial charge < -0.3 is 5.11 Å². The van der Waals surface area contributed by atoms with Gasteiger partial charge in [-0.1, -0.05) is 0 Å². The molecule has 0 saturated carbocycles. The van der Waals surface area contributed by atoms with E-state index in [9.17, 15) is 4.79 Å². The molecule has 4 nitrogen and oxygen atoms in total. The van der Waals surface area contributed by atoms with Gasteiger partial charge in [0.25, 0.3) is 0 Å². The molecule has 2 rings (SSSR count). The molecular formula is C9H12N2O2S. The van der Waals surface area contributed by atoms with Crippen LogP contribution in [0.25, 0.3) is 0 Å². The van der Waals surface area contributed by atoms with Crippen LogP contribution in [0.15, 0.2) is 12.3 Å². The lowest BCUT2D eigenvalue weighted by molar-refractivity contribution is -0.137. The van der Waals surface area contributed by atoms with Gasteiger partial charge in [0.15, 0.2) is 0 Å². The lowest BCUT2D eigenvalue weighted by Gasteiger charge is -2.26. The lowest BCUT2D eigenvalue weighted by atomic mass is 10.2. The number of carboxylic acid groups (broad SMARTS) is 1. The first-order chi connectivity index (χ1) is 6.77. The van der Waals surface area contributed by atoms with Crippen LogP contribution in [0.4, 0.5) is 0 Å². The number of hydrogen-bond acceptors (Lipinski definition) is 3. The van der Waals surface area contributed by atoms with Crippen molar-refractivity contribution in [3.8, 4) is 0 Å². The Morgan fingerprint density at radius 1 is 1.71 bits per heavy atom. The van der Waals surface area contributed by atoms with E-state index < -0.39 is 5.97 Å². The maximum Gasteiger partial charge on any atom is 0.303 e. The van der Waals surface area contributed by atoms with Crippen LogP contribution in [0.5, 0.6) is 0 Å². The second kappa shape index (κ2) is 4.04. The van der Waals surface area contributed by atoms with Gasteiger partial charge in [0, 0.05) is 23.4 Å². The molecule has 0 bridgehead atoms. The van der Waals surface area contributed by atoms with E-state index in [0.29, 0.717) is 12.5 Å². The van der Waals surface area contributed by atoms with Crippen LogP contribution in [0.2, 0.25) is 0 Å². The second-order valence-corrected chi connectivity index (χ2v) is 4.43. The Balaban J connectivity index is 2.01. The van der Waals surface area contributed by atoms with E-state index in [2.05, 4.69) is 5.10 Å².